The van der Waals surface area contributed by atoms with E-state index >= 15 is 0 Å². The SMILES string of the molecule is Cc1cccc(CN2CCN(C(=O)COC(=O)CCn3c(=O)oc4ccccc43)CC2)c1. The first-order valence-electron chi connectivity index (χ1n) is 10.8. The van der Waals surface area contributed by atoms with Gasteiger partial charge in [0.25, 0.3) is 5.91 Å². The minimum Gasteiger partial charge on any atom is -0.456 e. The van der Waals surface area contributed by atoms with Gasteiger partial charge in [-0.1, -0.05) is 42.0 Å². The Balaban J connectivity index is 1.20. The number of rotatable bonds is 7. The van der Waals surface area contributed by atoms with Crippen LogP contribution in [-0.2, 0) is 27.4 Å². The van der Waals surface area contributed by atoms with E-state index in [2.05, 4.69) is 36.1 Å². The molecule has 1 saturated heterocycles. The summed E-state index contributed by atoms with van der Waals surface area (Å²) in [4.78, 5) is 40.6. The van der Waals surface area contributed by atoms with E-state index in [0.717, 1.165) is 19.6 Å². The van der Waals surface area contributed by atoms with Gasteiger partial charge in [0.2, 0.25) is 0 Å². The Hall–Kier alpha value is -3.39. The average Bonchev–Trinajstić information content (AvgIpc) is 3.11. The van der Waals surface area contributed by atoms with Crippen LogP contribution in [0.5, 0.6) is 0 Å². The van der Waals surface area contributed by atoms with Crippen molar-refractivity contribution in [3.63, 3.8) is 0 Å². The first-order valence-corrected chi connectivity index (χ1v) is 10.8. The Kier molecular flexibility index (Phi) is 6.70. The quantitative estimate of drug-likeness (QED) is 0.527. The number of hydrogen-bond acceptors (Lipinski definition) is 6. The van der Waals surface area contributed by atoms with E-state index in [0.29, 0.717) is 24.2 Å². The summed E-state index contributed by atoms with van der Waals surface area (Å²) in [7, 11) is 0. The van der Waals surface area contributed by atoms with Crippen molar-refractivity contribution >= 4 is 23.0 Å². The van der Waals surface area contributed by atoms with Crippen molar-refractivity contribution in [3.8, 4) is 0 Å². The van der Waals surface area contributed by atoms with Gasteiger partial charge in [0, 0.05) is 39.3 Å². The fourth-order valence-electron chi connectivity index (χ4n) is 3.96. The van der Waals surface area contributed by atoms with E-state index in [-0.39, 0.29) is 25.5 Å². The Labute approximate surface area is 186 Å². The lowest BCUT2D eigenvalue weighted by atomic mass is 10.1. The van der Waals surface area contributed by atoms with Crippen LogP contribution >= 0.6 is 0 Å². The van der Waals surface area contributed by atoms with Crippen LogP contribution in [0.25, 0.3) is 11.1 Å². The first kappa shape index (κ1) is 21.8. The van der Waals surface area contributed by atoms with E-state index < -0.39 is 11.7 Å². The predicted molar refractivity (Wildman–Crippen MR) is 119 cm³/mol. The Morgan fingerprint density at radius 1 is 1.03 bits per heavy atom. The number of hydrogen-bond donors (Lipinski definition) is 0. The molecule has 1 aliphatic rings. The molecule has 0 atom stereocenters. The number of aromatic nitrogens is 1. The summed E-state index contributed by atoms with van der Waals surface area (Å²) in [5, 5.41) is 0. The minimum atomic E-state index is -0.520. The largest absolute Gasteiger partial charge is 0.456 e. The van der Waals surface area contributed by atoms with Crippen molar-refractivity contribution in [1.29, 1.82) is 0 Å². The smallest absolute Gasteiger partial charge is 0.419 e. The summed E-state index contributed by atoms with van der Waals surface area (Å²) < 4.78 is 11.7. The van der Waals surface area contributed by atoms with Crippen molar-refractivity contribution in [1.82, 2.24) is 14.4 Å². The third-order valence-electron chi connectivity index (χ3n) is 5.68. The molecule has 0 unspecified atom stereocenters. The van der Waals surface area contributed by atoms with Crippen LogP contribution < -0.4 is 5.76 Å². The summed E-state index contributed by atoms with van der Waals surface area (Å²) in [5.41, 5.74) is 3.61. The summed E-state index contributed by atoms with van der Waals surface area (Å²) >= 11 is 0. The number of nitrogens with zero attached hydrogens (tertiary/aromatic N) is 3. The molecule has 0 N–H and O–H groups in total. The van der Waals surface area contributed by atoms with Gasteiger partial charge in [-0.15, -0.1) is 0 Å². The van der Waals surface area contributed by atoms with Crippen LogP contribution in [0.15, 0.2) is 57.7 Å². The molecule has 8 nitrogen and oxygen atoms in total. The highest BCUT2D eigenvalue weighted by atomic mass is 16.5. The topological polar surface area (TPSA) is 85.0 Å². The lowest BCUT2D eigenvalue weighted by Gasteiger charge is -2.34. The molecule has 0 radical (unpaired) electrons. The molecule has 3 aromatic rings. The maximum Gasteiger partial charge on any atom is 0.419 e. The van der Waals surface area contributed by atoms with E-state index in [1.807, 2.05) is 0 Å². The highest BCUT2D eigenvalue weighted by molar-refractivity contribution is 5.81. The lowest BCUT2D eigenvalue weighted by molar-refractivity contribution is -0.153. The molecular weight excluding hydrogens is 410 g/mol. The summed E-state index contributed by atoms with van der Waals surface area (Å²) in [6.45, 7) is 5.58. The second-order valence-corrected chi connectivity index (χ2v) is 8.04. The number of amides is 1. The normalized spacial score (nSPS) is 14.6. The number of esters is 1. The van der Waals surface area contributed by atoms with Gasteiger partial charge in [-0.05, 0) is 24.6 Å². The first-order chi connectivity index (χ1) is 15.5. The van der Waals surface area contributed by atoms with Gasteiger partial charge in [0.1, 0.15) is 0 Å². The number of aryl methyl sites for hydroxylation is 2. The van der Waals surface area contributed by atoms with Gasteiger partial charge in [-0.2, -0.15) is 0 Å². The Morgan fingerprint density at radius 2 is 1.81 bits per heavy atom. The van der Waals surface area contributed by atoms with Gasteiger partial charge < -0.3 is 14.1 Å². The number of carbonyl (C=O) groups is 2. The molecule has 0 spiro atoms. The molecule has 2 heterocycles. The van der Waals surface area contributed by atoms with Crippen LogP contribution in [0, 0.1) is 6.92 Å². The second kappa shape index (κ2) is 9.82. The van der Waals surface area contributed by atoms with Gasteiger partial charge in [0.05, 0.1) is 11.9 Å². The number of fused-ring (bicyclic) bond motifs is 1. The second-order valence-electron chi connectivity index (χ2n) is 8.04. The zero-order chi connectivity index (χ0) is 22.5. The number of carbonyl (C=O) groups excluding carboxylic acids is 2. The number of para-hydroxylation sites is 2. The van der Waals surface area contributed by atoms with Crippen molar-refractivity contribution in [2.24, 2.45) is 0 Å². The molecule has 1 amide bonds. The molecule has 0 bridgehead atoms. The molecule has 32 heavy (non-hydrogen) atoms. The molecule has 2 aromatic carbocycles. The highest BCUT2D eigenvalue weighted by Crippen LogP contribution is 2.13. The monoisotopic (exact) mass is 437 g/mol. The van der Waals surface area contributed by atoms with Gasteiger partial charge in [-0.3, -0.25) is 19.1 Å². The van der Waals surface area contributed by atoms with Gasteiger partial charge >= 0.3 is 11.7 Å². The molecule has 4 rings (SSSR count). The lowest BCUT2D eigenvalue weighted by Crippen LogP contribution is -2.49. The highest BCUT2D eigenvalue weighted by Gasteiger charge is 2.22. The predicted octanol–water partition coefficient (Wildman–Crippen LogP) is 2.18. The summed E-state index contributed by atoms with van der Waals surface area (Å²) in [5.74, 6) is -1.23. The van der Waals surface area contributed by atoms with E-state index in [9.17, 15) is 14.4 Å². The number of benzene rings is 2. The van der Waals surface area contributed by atoms with Crippen LogP contribution in [0.4, 0.5) is 0 Å². The van der Waals surface area contributed by atoms with Crippen LogP contribution in [-0.4, -0.2) is 59.0 Å². The molecule has 0 saturated carbocycles. The van der Waals surface area contributed by atoms with Gasteiger partial charge in [0.15, 0.2) is 12.2 Å². The van der Waals surface area contributed by atoms with Crippen LogP contribution in [0.2, 0.25) is 0 Å². The third kappa shape index (κ3) is 5.26. The van der Waals surface area contributed by atoms with E-state index in [1.54, 1.807) is 29.2 Å². The summed E-state index contributed by atoms with van der Waals surface area (Å²) in [6.07, 6.45) is -0.0129. The number of ether oxygens (including phenoxy) is 1. The fourth-order valence-corrected chi connectivity index (χ4v) is 3.96. The molecule has 1 aliphatic heterocycles. The van der Waals surface area contributed by atoms with Crippen molar-refractivity contribution in [2.75, 3.05) is 32.8 Å². The zero-order valence-corrected chi connectivity index (χ0v) is 18.2. The molecular formula is C24H27N3O5. The Morgan fingerprint density at radius 3 is 2.59 bits per heavy atom. The van der Waals surface area contributed by atoms with Crippen molar-refractivity contribution in [2.45, 2.75) is 26.4 Å². The number of piperazine rings is 1. The molecule has 0 aliphatic carbocycles. The maximum absolute atomic E-state index is 12.4. The minimum absolute atomic E-state index is 0.0129. The van der Waals surface area contributed by atoms with Crippen molar-refractivity contribution in [3.05, 3.63) is 70.2 Å². The Bertz CT molecular complexity index is 1160. The molecule has 1 fully saturated rings. The van der Waals surface area contributed by atoms with E-state index in [1.165, 1.54) is 15.7 Å². The zero-order valence-electron chi connectivity index (χ0n) is 18.2. The fraction of sp³-hybridized carbons (Fsp3) is 0.375. The van der Waals surface area contributed by atoms with Crippen molar-refractivity contribution < 1.29 is 18.7 Å². The molecule has 8 heteroatoms. The average molecular weight is 437 g/mol. The molecule has 1 aromatic heterocycles. The van der Waals surface area contributed by atoms with E-state index in [4.69, 9.17) is 9.15 Å². The molecule has 168 valence electrons. The third-order valence-corrected chi connectivity index (χ3v) is 5.68. The van der Waals surface area contributed by atoms with Gasteiger partial charge in [-0.25, -0.2) is 4.79 Å². The number of oxazole rings is 1. The standard InChI is InChI=1S/C24H27N3O5/c1-18-5-4-6-19(15-18)16-25-11-13-26(14-12-25)22(28)17-31-23(29)9-10-27-20-7-2-3-8-21(20)32-24(27)30/h2-8,15H,9-14,16-17H2,1H3. The maximum atomic E-state index is 12.4. The van der Waals surface area contributed by atoms with Crippen LogP contribution in [0.1, 0.15) is 17.5 Å². The van der Waals surface area contributed by atoms with Crippen LogP contribution in [0.3, 0.4) is 0 Å². The summed E-state index contributed by atoms with van der Waals surface area (Å²) in [6, 6.07) is 15.5.